The van der Waals surface area contributed by atoms with Crippen molar-refractivity contribution in [1.82, 2.24) is 10.2 Å². The topological polar surface area (TPSA) is 75.4 Å². The molecule has 0 aliphatic heterocycles. The second kappa shape index (κ2) is 6.61. The number of likely N-dealkylation sites (N-methyl/N-ethyl adjacent to an activating group) is 1. The van der Waals surface area contributed by atoms with Crippen LogP contribution in [-0.4, -0.2) is 36.3 Å². The molecule has 0 radical (unpaired) electrons. The molecule has 21 heavy (non-hydrogen) atoms. The molecule has 0 aromatic heterocycles. The van der Waals surface area contributed by atoms with Gasteiger partial charge < -0.3 is 16.0 Å². The number of nitrogens with zero attached hydrogens (tertiary/aromatic N) is 1. The highest BCUT2D eigenvalue weighted by Crippen LogP contribution is 2.26. The molecule has 0 aliphatic rings. The number of nitrogens with one attached hydrogen (secondary N) is 1. The average molecular weight is 291 g/mol. The Hall–Kier alpha value is -2.04. The largest absolute Gasteiger partial charge is 0.399 e. The molecule has 5 heteroatoms. The third-order valence-electron chi connectivity index (χ3n) is 3.34. The van der Waals surface area contributed by atoms with Crippen LogP contribution < -0.4 is 11.1 Å². The lowest BCUT2D eigenvalue weighted by molar-refractivity contribution is -0.138. The van der Waals surface area contributed by atoms with E-state index < -0.39 is 5.41 Å². The highest BCUT2D eigenvalue weighted by molar-refractivity contribution is 5.91. The Labute approximate surface area is 126 Å². The number of hydrogen-bond acceptors (Lipinski definition) is 3. The molecule has 3 N–H and O–H groups in total. The predicted octanol–water partition coefficient (Wildman–Crippen LogP) is 1.53. The maximum atomic E-state index is 12.6. The number of rotatable bonds is 5. The number of carbonyl (C=O) groups excluding carboxylic acids is 2. The molecular weight excluding hydrogens is 266 g/mol. The molecule has 1 aromatic rings. The summed E-state index contributed by atoms with van der Waals surface area (Å²) in [5.41, 5.74) is 6.49. The van der Waals surface area contributed by atoms with Crippen LogP contribution in [0.1, 0.15) is 33.3 Å². The summed E-state index contributed by atoms with van der Waals surface area (Å²) in [6.45, 7) is 7.51. The maximum Gasteiger partial charge on any atom is 0.239 e. The summed E-state index contributed by atoms with van der Waals surface area (Å²) in [4.78, 5) is 25.8. The van der Waals surface area contributed by atoms with Crippen molar-refractivity contribution >= 4 is 17.5 Å². The number of carbonyl (C=O) groups is 2. The van der Waals surface area contributed by atoms with E-state index in [9.17, 15) is 9.59 Å². The summed E-state index contributed by atoms with van der Waals surface area (Å²) in [6.07, 6.45) is 0. The van der Waals surface area contributed by atoms with Crippen molar-refractivity contribution in [2.24, 2.45) is 0 Å². The Kier molecular flexibility index (Phi) is 5.35. The van der Waals surface area contributed by atoms with Crippen LogP contribution in [-0.2, 0) is 15.0 Å². The molecule has 2 amide bonds. The van der Waals surface area contributed by atoms with E-state index in [4.69, 9.17) is 5.73 Å². The molecule has 0 fully saturated rings. The molecule has 0 saturated heterocycles. The molecule has 0 heterocycles. The number of benzene rings is 1. The van der Waals surface area contributed by atoms with Gasteiger partial charge in [-0.15, -0.1) is 0 Å². The first-order chi connectivity index (χ1) is 9.64. The van der Waals surface area contributed by atoms with Gasteiger partial charge in [0.1, 0.15) is 0 Å². The molecule has 1 rings (SSSR count). The van der Waals surface area contributed by atoms with E-state index in [0.717, 1.165) is 5.56 Å². The molecule has 0 unspecified atom stereocenters. The Morgan fingerprint density at radius 3 is 2.24 bits per heavy atom. The van der Waals surface area contributed by atoms with Crippen molar-refractivity contribution < 1.29 is 9.59 Å². The highest BCUT2D eigenvalue weighted by atomic mass is 16.2. The monoisotopic (exact) mass is 291 g/mol. The molecule has 0 aliphatic carbocycles. The van der Waals surface area contributed by atoms with E-state index >= 15 is 0 Å². The molecule has 0 spiro atoms. The first-order valence-electron chi connectivity index (χ1n) is 7.05. The molecule has 116 valence electrons. The fourth-order valence-corrected chi connectivity index (χ4v) is 2.16. The van der Waals surface area contributed by atoms with Crippen LogP contribution in [0.3, 0.4) is 0 Å². The lowest BCUT2D eigenvalue weighted by Gasteiger charge is -2.29. The van der Waals surface area contributed by atoms with E-state index in [1.807, 2.05) is 39.8 Å². The van der Waals surface area contributed by atoms with E-state index in [1.165, 1.54) is 4.90 Å². The zero-order valence-corrected chi connectivity index (χ0v) is 13.4. The maximum absolute atomic E-state index is 12.6. The van der Waals surface area contributed by atoms with Crippen molar-refractivity contribution in [1.29, 1.82) is 0 Å². The van der Waals surface area contributed by atoms with Crippen molar-refractivity contribution in [2.75, 3.05) is 19.3 Å². The van der Waals surface area contributed by atoms with Crippen LogP contribution in [0.2, 0.25) is 0 Å². The normalized spacial score (nSPS) is 11.3. The average Bonchev–Trinajstić information content (AvgIpc) is 2.37. The SMILES string of the molecule is CC(C)NC(=O)CN(C)C(=O)C(C)(C)c1ccc(N)cc1. The smallest absolute Gasteiger partial charge is 0.239 e. The van der Waals surface area contributed by atoms with Crippen LogP contribution in [0, 0.1) is 0 Å². The summed E-state index contributed by atoms with van der Waals surface area (Å²) in [6, 6.07) is 7.29. The van der Waals surface area contributed by atoms with Gasteiger partial charge in [-0.3, -0.25) is 9.59 Å². The third kappa shape index (κ3) is 4.48. The minimum atomic E-state index is -0.708. The van der Waals surface area contributed by atoms with Gasteiger partial charge in [0.05, 0.1) is 12.0 Å². The Morgan fingerprint density at radius 1 is 1.24 bits per heavy atom. The second-order valence-corrected chi connectivity index (χ2v) is 6.13. The van der Waals surface area contributed by atoms with Gasteiger partial charge >= 0.3 is 0 Å². The summed E-state index contributed by atoms with van der Waals surface area (Å²) < 4.78 is 0. The third-order valence-corrected chi connectivity index (χ3v) is 3.34. The van der Waals surface area contributed by atoms with E-state index in [0.29, 0.717) is 5.69 Å². The van der Waals surface area contributed by atoms with Gasteiger partial charge in [-0.2, -0.15) is 0 Å². The number of anilines is 1. The molecule has 1 aromatic carbocycles. The zero-order valence-electron chi connectivity index (χ0n) is 13.4. The van der Waals surface area contributed by atoms with Crippen molar-refractivity contribution in [3.8, 4) is 0 Å². The van der Waals surface area contributed by atoms with Gasteiger partial charge in [-0.25, -0.2) is 0 Å². The predicted molar refractivity (Wildman–Crippen MR) is 84.8 cm³/mol. The fourth-order valence-electron chi connectivity index (χ4n) is 2.16. The van der Waals surface area contributed by atoms with Crippen LogP contribution in [0.15, 0.2) is 24.3 Å². The van der Waals surface area contributed by atoms with Gasteiger partial charge in [0.2, 0.25) is 11.8 Å². The van der Waals surface area contributed by atoms with E-state index in [2.05, 4.69) is 5.32 Å². The van der Waals surface area contributed by atoms with Crippen LogP contribution in [0.25, 0.3) is 0 Å². The number of hydrogen-bond donors (Lipinski definition) is 2. The van der Waals surface area contributed by atoms with Crippen LogP contribution in [0.4, 0.5) is 5.69 Å². The number of nitrogens with two attached hydrogens (primary N) is 1. The molecule has 0 bridgehead atoms. The summed E-state index contributed by atoms with van der Waals surface area (Å²) in [7, 11) is 1.64. The van der Waals surface area contributed by atoms with Crippen LogP contribution in [0.5, 0.6) is 0 Å². The first-order valence-corrected chi connectivity index (χ1v) is 7.05. The van der Waals surface area contributed by atoms with E-state index in [-0.39, 0.29) is 24.4 Å². The summed E-state index contributed by atoms with van der Waals surface area (Å²) in [5, 5.41) is 2.78. The number of amides is 2. The summed E-state index contributed by atoms with van der Waals surface area (Å²) >= 11 is 0. The van der Waals surface area contributed by atoms with Gasteiger partial charge in [0.25, 0.3) is 0 Å². The lowest BCUT2D eigenvalue weighted by atomic mass is 9.83. The Bertz CT molecular complexity index is 507. The molecule has 0 atom stereocenters. The minimum absolute atomic E-state index is 0.0510. The lowest BCUT2D eigenvalue weighted by Crippen LogP contribution is -2.46. The molecule has 5 nitrogen and oxygen atoms in total. The zero-order chi connectivity index (χ0) is 16.2. The first kappa shape index (κ1) is 17.0. The van der Waals surface area contributed by atoms with Gasteiger partial charge in [0, 0.05) is 18.8 Å². The number of nitrogen functional groups attached to an aromatic ring is 1. The van der Waals surface area contributed by atoms with Crippen molar-refractivity contribution in [2.45, 2.75) is 39.2 Å². The van der Waals surface area contributed by atoms with Gasteiger partial charge in [-0.1, -0.05) is 12.1 Å². The Balaban J connectivity index is 2.80. The summed E-state index contributed by atoms with van der Waals surface area (Å²) in [5.74, 6) is -0.264. The fraction of sp³-hybridized carbons (Fsp3) is 0.500. The van der Waals surface area contributed by atoms with Crippen LogP contribution >= 0.6 is 0 Å². The van der Waals surface area contributed by atoms with Gasteiger partial charge in [0.15, 0.2) is 0 Å². The second-order valence-electron chi connectivity index (χ2n) is 6.13. The van der Waals surface area contributed by atoms with Crippen molar-refractivity contribution in [3.63, 3.8) is 0 Å². The van der Waals surface area contributed by atoms with Gasteiger partial charge in [-0.05, 0) is 45.4 Å². The van der Waals surface area contributed by atoms with Crippen molar-refractivity contribution in [3.05, 3.63) is 29.8 Å². The Morgan fingerprint density at radius 2 is 1.76 bits per heavy atom. The highest BCUT2D eigenvalue weighted by Gasteiger charge is 2.32. The quantitative estimate of drug-likeness (QED) is 0.808. The van der Waals surface area contributed by atoms with E-state index in [1.54, 1.807) is 19.2 Å². The minimum Gasteiger partial charge on any atom is -0.399 e. The standard InChI is InChI=1S/C16H25N3O2/c1-11(2)18-14(20)10-19(5)15(21)16(3,4)12-6-8-13(17)9-7-12/h6-9,11H,10,17H2,1-5H3,(H,18,20). The molecular formula is C16H25N3O2. The molecule has 0 saturated carbocycles.